The maximum Gasteiger partial charge on any atom is 0.339 e. The van der Waals surface area contributed by atoms with E-state index in [1.54, 1.807) is 24.3 Å². The second kappa shape index (κ2) is 20.0. The lowest BCUT2D eigenvalue weighted by molar-refractivity contribution is -0.134. The molecule has 1 atom stereocenters. The van der Waals surface area contributed by atoms with Crippen LogP contribution in [0.3, 0.4) is 0 Å². The van der Waals surface area contributed by atoms with Crippen LogP contribution in [-0.2, 0) is 4.79 Å². The third kappa shape index (κ3) is 13.8. The number of benzene rings is 2. The summed E-state index contributed by atoms with van der Waals surface area (Å²) in [6.07, 6.45) is 3.55. The molecule has 1 fully saturated rings. The highest BCUT2D eigenvalue weighted by atomic mass is 16.5. The monoisotopic (exact) mass is 576 g/mol. The van der Waals surface area contributed by atoms with E-state index in [0.29, 0.717) is 67.6 Å². The third-order valence-electron chi connectivity index (χ3n) is 5.52. The number of carboxylic acids is 2. The van der Waals surface area contributed by atoms with E-state index in [0.717, 1.165) is 19.9 Å². The van der Waals surface area contributed by atoms with Crippen LogP contribution in [0.1, 0.15) is 74.6 Å². The van der Waals surface area contributed by atoms with Gasteiger partial charge >= 0.3 is 5.97 Å². The van der Waals surface area contributed by atoms with Crippen LogP contribution in [0, 0.1) is 0 Å². The van der Waals surface area contributed by atoms with E-state index in [4.69, 9.17) is 34.0 Å². The maximum atomic E-state index is 12.5. The summed E-state index contributed by atoms with van der Waals surface area (Å²) in [5.74, 6) is 0.233. The van der Waals surface area contributed by atoms with Crippen molar-refractivity contribution in [1.29, 1.82) is 0 Å². The summed E-state index contributed by atoms with van der Waals surface area (Å²) in [6, 6.07) is 10.5. The standard InChI is InChI=1S/C17H26N2O3.C11H14O4.C2H4O2/c1-3-21-14-8-9-16(22-4-2)15(11-14)17(20)19-12-13-7-5-6-10-18-13;1-3-14-8-5-6-10(15-4-2)9(7-8)11(12)13;1-2(3)4/h8-9,11,13,18H,3-7,10,12H2,1-2H3,(H,19,20);5-7H,3-4H2,1-2H3,(H,12,13);1H3,(H,3,4). The average molecular weight is 577 g/mol. The fraction of sp³-hybridized carbons (Fsp3) is 0.500. The molecule has 0 aliphatic carbocycles. The van der Waals surface area contributed by atoms with Crippen LogP contribution in [0.15, 0.2) is 36.4 Å². The van der Waals surface area contributed by atoms with E-state index in [-0.39, 0.29) is 11.5 Å². The number of rotatable bonds is 12. The minimum absolute atomic E-state index is 0.114. The number of hydrogen-bond donors (Lipinski definition) is 4. The molecule has 3 rings (SSSR count). The van der Waals surface area contributed by atoms with Gasteiger partial charge in [-0.2, -0.15) is 0 Å². The zero-order chi connectivity index (χ0) is 30.6. The predicted molar refractivity (Wildman–Crippen MR) is 156 cm³/mol. The minimum atomic E-state index is -1.01. The van der Waals surface area contributed by atoms with Gasteiger partial charge in [-0.25, -0.2) is 4.79 Å². The molecule has 4 N–H and O–H groups in total. The Hall–Kier alpha value is -3.99. The van der Waals surface area contributed by atoms with Gasteiger partial charge in [0.1, 0.15) is 28.6 Å². The Bertz CT molecular complexity index is 1080. The van der Waals surface area contributed by atoms with Crippen molar-refractivity contribution in [3.05, 3.63) is 47.5 Å². The molecule has 1 unspecified atom stereocenters. The number of aromatic carboxylic acids is 1. The molecule has 1 aliphatic rings. The van der Waals surface area contributed by atoms with E-state index in [1.165, 1.54) is 18.9 Å². The zero-order valence-corrected chi connectivity index (χ0v) is 24.7. The molecule has 0 radical (unpaired) electrons. The van der Waals surface area contributed by atoms with Crippen LogP contribution >= 0.6 is 0 Å². The number of piperidine rings is 1. The predicted octanol–water partition coefficient (Wildman–Crippen LogP) is 4.63. The van der Waals surface area contributed by atoms with Crippen molar-refractivity contribution >= 4 is 17.8 Å². The summed E-state index contributed by atoms with van der Waals surface area (Å²) in [5, 5.41) is 22.8. The summed E-state index contributed by atoms with van der Waals surface area (Å²) in [5.41, 5.74) is 0.659. The molecular weight excluding hydrogens is 532 g/mol. The number of nitrogens with one attached hydrogen (secondary N) is 2. The first-order valence-corrected chi connectivity index (χ1v) is 13.9. The van der Waals surface area contributed by atoms with Crippen molar-refractivity contribution in [2.24, 2.45) is 0 Å². The average Bonchev–Trinajstić information content (AvgIpc) is 2.94. The van der Waals surface area contributed by atoms with E-state index in [2.05, 4.69) is 10.6 Å². The molecule has 41 heavy (non-hydrogen) atoms. The van der Waals surface area contributed by atoms with Gasteiger partial charge in [-0.1, -0.05) is 6.42 Å². The number of aliphatic carboxylic acids is 1. The highest BCUT2D eigenvalue weighted by Crippen LogP contribution is 2.25. The summed E-state index contributed by atoms with van der Waals surface area (Å²) >= 11 is 0. The lowest BCUT2D eigenvalue weighted by atomic mass is 10.0. The Morgan fingerprint density at radius 1 is 0.805 bits per heavy atom. The molecule has 11 heteroatoms. The number of ether oxygens (including phenoxy) is 4. The number of carboxylic acid groups (broad SMARTS) is 2. The van der Waals surface area contributed by atoms with Gasteiger partial charge in [0.15, 0.2) is 0 Å². The lowest BCUT2D eigenvalue weighted by Gasteiger charge is -2.23. The fourth-order valence-corrected chi connectivity index (χ4v) is 3.85. The molecule has 1 amide bonds. The van der Waals surface area contributed by atoms with E-state index in [9.17, 15) is 9.59 Å². The number of amides is 1. The van der Waals surface area contributed by atoms with Crippen LogP contribution in [-0.4, -0.2) is 73.6 Å². The van der Waals surface area contributed by atoms with Gasteiger partial charge in [0, 0.05) is 19.5 Å². The first-order valence-electron chi connectivity index (χ1n) is 13.9. The van der Waals surface area contributed by atoms with Crippen molar-refractivity contribution in [3.63, 3.8) is 0 Å². The molecule has 0 aromatic heterocycles. The van der Waals surface area contributed by atoms with E-state index in [1.807, 2.05) is 33.8 Å². The first kappa shape index (κ1) is 35.0. The van der Waals surface area contributed by atoms with Crippen molar-refractivity contribution in [3.8, 4) is 23.0 Å². The number of carbonyl (C=O) groups is 3. The lowest BCUT2D eigenvalue weighted by Crippen LogP contribution is -2.43. The number of carbonyl (C=O) groups excluding carboxylic acids is 1. The Morgan fingerprint density at radius 2 is 1.29 bits per heavy atom. The third-order valence-corrected chi connectivity index (χ3v) is 5.52. The fourth-order valence-electron chi connectivity index (χ4n) is 3.85. The summed E-state index contributed by atoms with van der Waals surface area (Å²) < 4.78 is 21.4. The Labute approximate surface area is 242 Å². The molecule has 2 aromatic carbocycles. The molecule has 228 valence electrons. The minimum Gasteiger partial charge on any atom is -0.494 e. The van der Waals surface area contributed by atoms with Crippen LogP contribution < -0.4 is 29.6 Å². The number of hydrogen-bond acceptors (Lipinski definition) is 8. The van der Waals surface area contributed by atoms with Gasteiger partial charge in [0.25, 0.3) is 11.9 Å². The quantitative estimate of drug-likeness (QED) is 0.281. The highest BCUT2D eigenvalue weighted by molar-refractivity contribution is 5.97. The Kier molecular flexibility index (Phi) is 17.1. The zero-order valence-electron chi connectivity index (χ0n) is 24.7. The van der Waals surface area contributed by atoms with Gasteiger partial charge in [0.05, 0.1) is 32.0 Å². The van der Waals surface area contributed by atoms with Gasteiger partial charge < -0.3 is 39.8 Å². The molecule has 11 nitrogen and oxygen atoms in total. The Morgan fingerprint density at radius 3 is 1.73 bits per heavy atom. The normalized spacial score (nSPS) is 13.7. The van der Waals surface area contributed by atoms with Gasteiger partial charge in [-0.3, -0.25) is 9.59 Å². The smallest absolute Gasteiger partial charge is 0.339 e. The van der Waals surface area contributed by atoms with Crippen molar-refractivity contribution in [2.45, 2.75) is 59.9 Å². The SMILES string of the molecule is CC(=O)O.CCOc1ccc(OCC)c(C(=O)NCC2CCCCN2)c1.CCOc1ccc(OCC)c(C(=O)O)c1. The van der Waals surface area contributed by atoms with Crippen LogP contribution in [0.2, 0.25) is 0 Å². The van der Waals surface area contributed by atoms with Gasteiger partial charge in [0.2, 0.25) is 0 Å². The Balaban J connectivity index is 0.000000383. The maximum absolute atomic E-state index is 12.5. The first-order chi connectivity index (χ1) is 19.7. The van der Waals surface area contributed by atoms with Gasteiger partial charge in [-0.15, -0.1) is 0 Å². The molecule has 1 saturated heterocycles. The molecule has 1 aliphatic heterocycles. The van der Waals surface area contributed by atoms with Crippen LogP contribution in [0.5, 0.6) is 23.0 Å². The van der Waals surface area contributed by atoms with E-state index < -0.39 is 11.9 Å². The van der Waals surface area contributed by atoms with Crippen molar-refractivity contribution < 1.29 is 43.5 Å². The summed E-state index contributed by atoms with van der Waals surface area (Å²) in [4.78, 5) is 32.4. The second-order valence-corrected chi connectivity index (χ2v) is 8.73. The molecule has 1 heterocycles. The highest BCUT2D eigenvalue weighted by Gasteiger charge is 2.17. The molecule has 0 saturated carbocycles. The van der Waals surface area contributed by atoms with Crippen molar-refractivity contribution in [2.75, 3.05) is 39.5 Å². The largest absolute Gasteiger partial charge is 0.494 e. The van der Waals surface area contributed by atoms with Crippen LogP contribution in [0.4, 0.5) is 0 Å². The van der Waals surface area contributed by atoms with Crippen LogP contribution in [0.25, 0.3) is 0 Å². The van der Waals surface area contributed by atoms with Crippen molar-refractivity contribution in [1.82, 2.24) is 10.6 Å². The summed E-state index contributed by atoms with van der Waals surface area (Å²) in [7, 11) is 0. The van der Waals surface area contributed by atoms with E-state index >= 15 is 0 Å². The second-order valence-electron chi connectivity index (χ2n) is 8.73. The van der Waals surface area contributed by atoms with Gasteiger partial charge in [-0.05, 0) is 83.5 Å². The topological polar surface area (TPSA) is 153 Å². The molecular formula is C30H44N2O9. The molecule has 0 bridgehead atoms. The molecule has 2 aromatic rings. The summed E-state index contributed by atoms with van der Waals surface area (Å²) in [6.45, 7) is 12.3. The molecule has 0 spiro atoms.